The van der Waals surface area contributed by atoms with Gasteiger partial charge in [0, 0.05) is 6.04 Å². The Bertz CT molecular complexity index is 1100. The van der Waals surface area contributed by atoms with Crippen molar-refractivity contribution >= 4 is 29.1 Å². The lowest BCUT2D eigenvalue weighted by molar-refractivity contribution is -0.141. The van der Waals surface area contributed by atoms with Crippen LogP contribution in [0.3, 0.4) is 0 Å². The van der Waals surface area contributed by atoms with E-state index in [1.807, 2.05) is 0 Å². The topological polar surface area (TPSA) is 96.3 Å². The Labute approximate surface area is 197 Å². The van der Waals surface area contributed by atoms with Crippen LogP contribution >= 0.6 is 11.6 Å². The zero-order valence-electron chi connectivity index (χ0n) is 18.5. The molecule has 1 aliphatic carbocycles. The van der Waals surface area contributed by atoms with Crippen molar-refractivity contribution in [3.05, 3.63) is 58.1 Å². The number of methoxy groups -OCH3 is 2. The third kappa shape index (κ3) is 4.02. The molecule has 7 nitrogen and oxygen atoms in total. The molecule has 33 heavy (non-hydrogen) atoms. The highest BCUT2D eigenvalue weighted by atomic mass is 35.5. The number of hydrogen-bond acceptors (Lipinski definition) is 6. The summed E-state index contributed by atoms with van der Waals surface area (Å²) in [5.74, 6) is -1.32. The third-order valence-corrected chi connectivity index (χ3v) is 6.70. The van der Waals surface area contributed by atoms with Gasteiger partial charge in [0.25, 0.3) is 11.7 Å². The molecule has 2 aliphatic rings. The van der Waals surface area contributed by atoms with Crippen LogP contribution < -0.4 is 9.47 Å². The van der Waals surface area contributed by atoms with E-state index in [0.717, 1.165) is 32.1 Å². The van der Waals surface area contributed by atoms with Crippen LogP contribution in [0, 0.1) is 0 Å². The monoisotopic (exact) mass is 471 g/mol. The molecule has 2 aromatic carbocycles. The van der Waals surface area contributed by atoms with Gasteiger partial charge in [0.2, 0.25) is 0 Å². The van der Waals surface area contributed by atoms with Crippen LogP contribution in [0.5, 0.6) is 17.2 Å². The van der Waals surface area contributed by atoms with Crippen LogP contribution in [-0.4, -0.2) is 47.1 Å². The molecule has 2 aromatic rings. The summed E-state index contributed by atoms with van der Waals surface area (Å²) in [4.78, 5) is 28.2. The maximum Gasteiger partial charge on any atom is 0.295 e. The number of aliphatic hydroxyl groups is 1. The molecule has 174 valence electrons. The number of Topliss-reactive ketones (excluding diaryl/α,β-unsaturated/α-hetero) is 1. The highest BCUT2D eigenvalue weighted by Gasteiger charge is 2.49. The maximum atomic E-state index is 13.3. The predicted molar refractivity (Wildman–Crippen MR) is 124 cm³/mol. The van der Waals surface area contributed by atoms with Gasteiger partial charge in [-0.25, -0.2) is 0 Å². The van der Waals surface area contributed by atoms with Gasteiger partial charge in [0.1, 0.15) is 28.6 Å². The number of aliphatic hydroxyl groups excluding tert-OH is 1. The molecule has 2 fully saturated rings. The van der Waals surface area contributed by atoms with Crippen LogP contribution in [0.25, 0.3) is 5.76 Å². The number of hydrogen-bond donors (Lipinski definition) is 2. The smallest absolute Gasteiger partial charge is 0.295 e. The van der Waals surface area contributed by atoms with Gasteiger partial charge in [-0.1, -0.05) is 43.0 Å². The molecule has 1 saturated carbocycles. The Kier molecular flexibility index (Phi) is 6.51. The Morgan fingerprint density at radius 1 is 1.03 bits per heavy atom. The van der Waals surface area contributed by atoms with E-state index in [1.165, 1.54) is 26.4 Å². The Morgan fingerprint density at radius 3 is 2.24 bits per heavy atom. The number of carbonyl (C=O) groups is 2. The summed E-state index contributed by atoms with van der Waals surface area (Å²) < 4.78 is 10.8. The van der Waals surface area contributed by atoms with Gasteiger partial charge >= 0.3 is 0 Å². The number of nitrogens with zero attached hydrogens (tertiary/aromatic N) is 1. The fraction of sp³-hybridized carbons (Fsp3) is 0.360. The minimum Gasteiger partial charge on any atom is -0.506 e. The average molecular weight is 472 g/mol. The van der Waals surface area contributed by atoms with E-state index >= 15 is 0 Å². The average Bonchev–Trinajstić information content (AvgIpc) is 3.10. The second-order valence-corrected chi connectivity index (χ2v) is 8.65. The molecule has 1 atom stereocenters. The summed E-state index contributed by atoms with van der Waals surface area (Å²) in [6, 6.07) is 8.53. The fourth-order valence-corrected chi connectivity index (χ4v) is 5.01. The van der Waals surface area contributed by atoms with Crippen LogP contribution in [0.1, 0.15) is 49.3 Å². The molecule has 1 unspecified atom stereocenters. The number of likely N-dealkylation sites (tertiary alicyclic amines) is 1. The molecule has 0 aromatic heterocycles. The SMILES string of the molecule is COc1cccc(OC)c1/C(O)=C1\C(=O)C(=O)N(C2CCCCC2)C1c1ccc(O)c(Cl)c1. The van der Waals surface area contributed by atoms with Crippen LogP contribution in [0.2, 0.25) is 5.02 Å². The lowest BCUT2D eigenvalue weighted by Gasteiger charge is -2.35. The molecular formula is C25H26ClNO6. The summed E-state index contributed by atoms with van der Waals surface area (Å²) in [5, 5.41) is 21.5. The number of ether oxygens (including phenoxy) is 2. The van der Waals surface area contributed by atoms with Crippen molar-refractivity contribution in [3.8, 4) is 17.2 Å². The number of phenolic OH excluding ortho intramolecular Hbond substituents is 1. The lowest BCUT2D eigenvalue weighted by atomic mass is 9.90. The van der Waals surface area contributed by atoms with Gasteiger partial charge in [-0.3, -0.25) is 9.59 Å². The first-order valence-electron chi connectivity index (χ1n) is 10.9. The first kappa shape index (κ1) is 23.0. The van der Waals surface area contributed by atoms with E-state index in [9.17, 15) is 19.8 Å². The van der Waals surface area contributed by atoms with E-state index in [2.05, 4.69) is 0 Å². The van der Waals surface area contributed by atoms with E-state index in [1.54, 1.807) is 29.2 Å². The first-order chi connectivity index (χ1) is 15.9. The highest BCUT2D eigenvalue weighted by Crippen LogP contribution is 2.46. The molecule has 0 radical (unpaired) electrons. The number of rotatable bonds is 5. The van der Waals surface area contributed by atoms with Crippen molar-refractivity contribution < 1.29 is 29.3 Å². The summed E-state index contributed by atoms with van der Waals surface area (Å²) >= 11 is 6.18. The maximum absolute atomic E-state index is 13.3. The molecule has 8 heteroatoms. The minimum absolute atomic E-state index is 0.0601. The van der Waals surface area contributed by atoms with Crippen molar-refractivity contribution in [2.75, 3.05) is 14.2 Å². The molecular weight excluding hydrogens is 446 g/mol. The molecule has 4 rings (SSSR count). The van der Waals surface area contributed by atoms with Crippen LogP contribution in [0.15, 0.2) is 42.0 Å². The second kappa shape index (κ2) is 9.35. The van der Waals surface area contributed by atoms with Gasteiger partial charge in [-0.05, 0) is 42.7 Å². The summed E-state index contributed by atoms with van der Waals surface area (Å²) in [6.07, 6.45) is 4.53. The molecule has 1 heterocycles. The minimum atomic E-state index is -0.860. The van der Waals surface area contributed by atoms with Gasteiger partial charge in [0.05, 0.1) is 30.9 Å². The van der Waals surface area contributed by atoms with E-state index in [0.29, 0.717) is 17.1 Å². The van der Waals surface area contributed by atoms with Crippen LogP contribution in [0.4, 0.5) is 0 Å². The Morgan fingerprint density at radius 2 is 1.67 bits per heavy atom. The number of amides is 1. The zero-order chi connectivity index (χ0) is 23.7. The first-order valence-corrected chi connectivity index (χ1v) is 11.3. The third-order valence-electron chi connectivity index (χ3n) is 6.40. The van der Waals surface area contributed by atoms with Gasteiger partial charge < -0.3 is 24.6 Å². The van der Waals surface area contributed by atoms with Crippen LogP contribution in [-0.2, 0) is 9.59 Å². The second-order valence-electron chi connectivity index (χ2n) is 8.25. The molecule has 1 saturated heterocycles. The van der Waals surface area contributed by atoms with Crippen molar-refractivity contribution in [2.24, 2.45) is 0 Å². The Hall–Kier alpha value is -3.19. The van der Waals surface area contributed by atoms with Crippen molar-refractivity contribution in [1.82, 2.24) is 4.90 Å². The van der Waals surface area contributed by atoms with E-state index in [-0.39, 0.29) is 33.7 Å². The molecule has 1 amide bonds. The van der Waals surface area contributed by atoms with Gasteiger partial charge in [-0.15, -0.1) is 0 Å². The van der Waals surface area contributed by atoms with Crippen molar-refractivity contribution in [3.63, 3.8) is 0 Å². The number of ketones is 1. The molecule has 0 bridgehead atoms. The largest absolute Gasteiger partial charge is 0.506 e. The van der Waals surface area contributed by atoms with Gasteiger partial charge in [-0.2, -0.15) is 0 Å². The summed E-state index contributed by atoms with van der Waals surface area (Å²) in [6.45, 7) is 0. The number of benzene rings is 2. The molecule has 1 aliphatic heterocycles. The fourth-order valence-electron chi connectivity index (χ4n) is 4.83. The zero-order valence-corrected chi connectivity index (χ0v) is 19.3. The molecule has 0 spiro atoms. The van der Waals surface area contributed by atoms with Crippen molar-refractivity contribution in [2.45, 2.75) is 44.2 Å². The lowest BCUT2D eigenvalue weighted by Crippen LogP contribution is -2.40. The van der Waals surface area contributed by atoms with E-state index < -0.39 is 17.7 Å². The number of phenols is 1. The predicted octanol–water partition coefficient (Wildman–Crippen LogP) is 4.82. The number of carbonyl (C=O) groups excluding carboxylic acids is 2. The van der Waals surface area contributed by atoms with E-state index in [4.69, 9.17) is 21.1 Å². The number of halogens is 1. The normalized spacial score (nSPS) is 20.8. The van der Waals surface area contributed by atoms with Gasteiger partial charge in [0.15, 0.2) is 0 Å². The standard InChI is InChI=1S/C25H26ClNO6/c1-32-18-9-6-10-19(33-2)20(18)23(29)21-22(14-11-12-17(28)16(26)13-14)27(25(31)24(21)30)15-7-4-3-5-8-15/h6,9-13,15,22,28-29H,3-5,7-8H2,1-2H3/b23-21+. The Balaban J connectivity index is 1.96. The van der Waals surface area contributed by atoms with Crippen molar-refractivity contribution in [1.29, 1.82) is 0 Å². The summed E-state index contributed by atoms with van der Waals surface area (Å²) in [7, 11) is 2.90. The summed E-state index contributed by atoms with van der Waals surface area (Å²) in [5.41, 5.74) is 0.659. The molecule has 2 N–H and O–H groups in total. The number of aromatic hydroxyl groups is 1. The highest BCUT2D eigenvalue weighted by molar-refractivity contribution is 6.46. The quantitative estimate of drug-likeness (QED) is 0.369.